The van der Waals surface area contributed by atoms with E-state index in [0.29, 0.717) is 0 Å². The van der Waals surface area contributed by atoms with E-state index in [1.54, 1.807) is 11.3 Å². The zero-order chi connectivity index (χ0) is 11.9. The molecule has 0 spiro atoms. The van der Waals surface area contributed by atoms with Gasteiger partial charge in [-0.3, -0.25) is 0 Å². The van der Waals surface area contributed by atoms with Gasteiger partial charge in [-0.1, -0.05) is 18.2 Å². The minimum Gasteiger partial charge on any atom is -0.236 e. The lowest BCUT2D eigenvalue weighted by atomic mass is 10.1. The van der Waals surface area contributed by atoms with Gasteiger partial charge in [-0.05, 0) is 24.3 Å². The van der Waals surface area contributed by atoms with E-state index in [0.717, 1.165) is 27.5 Å². The summed E-state index contributed by atoms with van der Waals surface area (Å²) in [6, 6.07) is 14.1. The molecule has 1 aromatic heterocycles. The molecule has 3 nitrogen and oxygen atoms in total. The average molecular weight is 249 g/mol. The van der Waals surface area contributed by atoms with Crippen molar-refractivity contribution in [3.05, 3.63) is 42.5 Å². The molecular weight excluding hydrogens is 242 g/mol. The Kier molecular flexibility index (Phi) is 1.98. The van der Waals surface area contributed by atoms with Crippen LogP contribution in [0.1, 0.15) is 0 Å². The molecule has 84 valence electrons. The van der Waals surface area contributed by atoms with E-state index >= 15 is 0 Å². The zero-order valence-corrected chi connectivity index (χ0v) is 10.1. The normalized spacial score (nSPS) is 12.7. The summed E-state index contributed by atoms with van der Waals surface area (Å²) in [4.78, 5) is 8.75. The quantitative estimate of drug-likeness (QED) is 0.647. The predicted octanol–water partition coefficient (Wildman–Crippen LogP) is 3.75. The predicted molar refractivity (Wildman–Crippen MR) is 73.9 cm³/mol. The third kappa shape index (κ3) is 1.36. The van der Waals surface area contributed by atoms with Gasteiger partial charge in [0.15, 0.2) is 6.34 Å². The van der Waals surface area contributed by atoms with E-state index in [1.165, 1.54) is 4.70 Å². The van der Waals surface area contributed by atoms with Crippen molar-refractivity contribution in [2.45, 2.75) is 0 Å². The molecule has 4 rings (SSSR count). The smallest absolute Gasteiger partial charge is 0.199 e. The molecule has 2 heterocycles. The second kappa shape index (κ2) is 3.65. The third-order valence-corrected chi connectivity index (χ3v) is 3.94. The Morgan fingerprint density at radius 1 is 1.00 bits per heavy atom. The Labute approximate surface area is 108 Å². The van der Waals surface area contributed by atoms with E-state index in [4.69, 9.17) is 0 Å². The van der Waals surface area contributed by atoms with Gasteiger partial charge in [0.05, 0.1) is 15.9 Å². The van der Waals surface area contributed by atoms with E-state index in [-0.39, 0.29) is 0 Å². The number of fused-ring (bicyclic) bond motifs is 2. The van der Waals surface area contributed by atoms with Crippen LogP contribution in [0.3, 0.4) is 0 Å². The number of aromatic nitrogens is 1. The number of rotatable bonds is 1. The maximum atomic E-state index is 4.65. The van der Waals surface area contributed by atoms with Crippen LogP contribution in [-0.2, 0) is 0 Å². The monoisotopic (exact) mass is 249 g/mol. The minimum atomic E-state index is 0.867. The Hall–Kier alpha value is -2.20. The van der Waals surface area contributed by atoms with Crippen LogP contribution in [0.25, 0.3) is 20.8 Å². The van der Waals surface area contributed by atoms with E-state index in [2.05, 4.69) is 27.7 Å². The number of para-hydroxylation sites is 2. The number of thiazole rings is 1. The van der Waals surface area contributed by atoms with Crippen molar-refractivity contribution in [3.8, 4) is 10.6 Å². The van der Waals surface area contributed by atoms with Crippen LogP contribution >= 0.6 is 11.3 Å². The fourth-order valence-electron chi connectivity index (χ4n) is 2.03. The molecule has 0 saturated heterocycles. The van der Waals surface area contributed by atoms with Crippen molar-refractivity contribution < 1.29 is 0 Å². The molecule has 2 radical (unpaired) electrons. The molecule has 2 aromatic carbocycles. The lowest BCUT2D eigenvalue weighted by Crippen LogP contribution is -1.89. The largest absolute Gasteiger partial charge is 0.236 e. The first-order valence-electron chi connectivity index (χ1n) is 5.57. The van der Waals surface area contributed by atoms with Crippen LogP contribution in [-0.4, -0.2) is 11.3 Å². The molecule has 18 heavy (non-hydrogen) atoms. The standard InChI is InChI=1S/C14H7N3S/c1-2-7-12-10(5-1)17-14(18-12)9-4-3-6-11-13(9)16-8-15-11/h1-7H. The SMILES string of the molecule is [C]1=Nc2cccc(-c3nc4ccccc4s3)c2[N]1. The fraction of sp³-hybridized carbons (Fsp3) is 0. The van der Waals surface area contributed by atoms with Gasteiger partial charge in [0.2, 0.25) is 0 Å². The Balaban J connectivity index is 1.96. The Morgan fingerprint density at radius 2 is 1.94 bits per heavy atom. The summed E-state index contributed by atoms with van der Waals surface area (Å²) in [5.74, 6) is 0. The second-order valence-corrected chi connectivity index (χ2v) is 5.01. The molecule has 0 unspecified atom stereocenters. The molecule has 0 aliphatic carbocycles. The zero-order valence-electron chi connectivity index (χ0n) is 9.29. The van der Waals surface area contributed by atoms with Crippen molar-refractivity contribution in [2.24, 2.45) is 4.99 Å². The molecule has 4 heteroatoms. The highest BCUT2D eigenvalue weighted by atomic mass is 32.1. The van der Waals surface area contributed by atoms with Crippen LogP contribution in [0.2, 0.25) is 0 Å². The average Bonchev–Trinajstić information content (AvgIpc) is 3.04. The number of nitrogens with zero attached hydrogens (tertiary/aromatic N) is 3. The maximum Gasteiger partial charge on any atom is 0.199 e. The number of hydrogen-bond acceptors (Lipinski definition) is 3. The first-order valence-corrected chi connectivity index (χ1v) is 6.39. The molecule has 0 saturated carbocycles. The second-order valence-electron chi connectivity index (χ2n) is 3.98. The molecular formula is C14H7N3S. The summed E-state index contributed by atoms with van der Waals surface area (Å²) in [6.07, 6.45) is 2.66. The van der Waals surface area contributed by atoms with Crippen molar-refractivity contribution >= 4 is 39.3 Å². The summed E-state index contributed by atoms with van der Waals surface area (Å²) < 4.78 is 1.19. The summed E-state index contributed by atoms with van der Waals surface area (Å²) in [5.41, 5.74) is 3.80. The summed E-state index contributed by atoms with van der Waals surface area (Å²) in [7, 11) is 0. The highest BCUT2D eigenvalue weighted by Crippen LogP contribution is 2.40. The van der Waals surface area contributed by atoms with Gasteiger partial charge < -0.3 is 0 Å². The topological polar surface area (TPSA) is 39.4 Å². The Morgan fingerprint density at radius 3 is 2.89 bits per heavy atom. The first kappa shape index (κ1) is 9.79. The van der Waals surface area contributed by atoms with Gasteiger partial charge in [0.25, 0.3) is 0 Å². The van der Waals surface area contributed by atoms with Gasteiger partial charge >= 0.3 is 0 Å². The first-order chi connectivity index (χ1) is 8.92. The Bertz CT molecular complexity index is 741. The highest BCUT2D eigenvalue weighted by Gasteiger charge is 2.17. The summed E-state index contributed by atoms with van der Waals surface area (Å²) >= 11 is 1.68. The van der Waals surface area contributed by atoms with Crippen LogP contribution in [0.15, 0.2) is 47.5 Å². The minimum absolute atomic E-state index is 0.867. The third-order valence-electron chi connectivity index (χ3n) is 2.87. The van der Waals surface area contributed by atoms with Crippen LogP contribution in [0, 0.1) is 0 Å². The number of aliphatic imine (C=N–C) groups is 1. The number of hydrogen-bond donors (Lipinski definition) is 0. The van der Waals surface area contributed by atoms with Gasteiger partial charge in [-0.25, -0.2) is 15.3 Å². The van der Waals surface area contributed by atoms with Gasteiger partial charge in [-0.2, -0.15) is 0 Å². The van der Waals surface area contributed by atoms with Gasteiger partial charge in [-0.15, -0.1) is 11.3 Å². The summed E-state index contributed by atoms with van der Waals surface area (Å²) in [6.45, 7) is 0. The van der Waals surface area contributed by atoms with Crippen LogP contribution < -0.4 is 5.32 Å². The van der Waals surface area contributed by atoms with Crippen molar-refractivity contribution in [1.82, 2.24) is 10.3 Å². The van der Waals surface area contributed by atoms with E-state index in [1.807, 2.05) is 36.4 Å². The van der Waals surface area contributed by atoms with Crippen molar-refractivity contribution in [1.29, 1.82) is 0 Å². The molecule has 1 aliphatic heterocycles. The lowest BCUT2D eigenvalue weighted by Gasteiger charge is -2.01. The van der Waals surface area contributed by atoms with Crippen LogP contribution in [0.4, 0.5) is 11.4 Å². The highest BCUT2D eigenvalue weighted by molar-refractivity contribution is 7.21. The van der Waals surface area contributed by atoms with Crippen LogP contribution in [0.5, 0.6) is 0 Å². The maximum absolute atomic E-state index is 4.65. The lowest BCUT2D eigenvalue weighted by molar-refractivity contribution is 1.34. The molecule has 0 amide bonds. The number of benzene rings is 2. The molecule has 0 N–H and O–H groups in total. The molecule has 3 aromatic rings. The molecule has 0 fully saturated rings. The van der Waals surface area contributed by atoms with E-state index < -0.39 is 0 Å². The molecule has 1 aliphatic rings. The van der Waals surface area contributed by atoms with E-state index in [9.17, 15) is 0 Å². The van der Waals surface area contributed by atoms with Gasteiger partial charge in [0.1, 0.15) is 10.7 Å². The molecule has 0 bridgehead atoms. The van der Waals surface area contributed by atoms with Crippen molar-refractivity contribution in [2.75, 3.05) is 0 Å². The van der Waals surface area contributed by atoms with Gasteiger partial charge in [0, 0.05) is 5.56 Å². The molecule has 0 atom stereocenters. The fourth-order valence-corrected chi connectivity index (χ4v) is 3.02. The van der Waals surface area contributed by atoms with Crippen molar-refractivity contribution in [3.63, 3.8) is 0 Å². The summed E-state index contributed by atoms with van der Waals surface area (Å²) in [5, 5.41) is 5.18.